The Balaban J connectivity index is 1.54. The standard InChI is InChI=1S/C18H24N4O/c1-14(16-12-19-20-13-16)21-18(23)22-11-5-8-17(22)10-9-15-6-3-2-4-7-15/h2-4,6-7,12-14,17H,5,8-11H2,1H3,(H,19,20)(H,21,23). The average Bonchev–Trinajstić information content (AvgIpc) is 3.25. The highest BCUT2D eigenvalue weighted by Crippen LogP contribution is 2.23. The summed E-state index contributed by atoms with van der Waals surface area (Å²) in [5.41, 5.74) is 2.34. The molecule has 0 aliphatic carbocycles. The van der Waals surface area contributed by atoms with Crippen LogP contribution < -0.4 is 5.32 Å². The van der Waals surface area contributed by atoms with Crippen LogP contribution in [-0.4, -0.2) is 33.7 Å². The minimum Gasteiger partial charge on any atom is -0.331 e. The second kappa shape index (κ2) is 7.31. The zero-order valence-corrected chi connectivity index (χ0v) is 13.5. The molecule has 122 valence electrons. The van der Waals surface area contributed by atoms with Crippen LogP contribution in [0.2, 0.25) is 0 Å². The first-order valence-corrected chi connectivity index (χ1v) is 8.34. The number of carbonyl (C=O) groups excluding carboxylic acids is 1. The number of carbonyl (C=O) groups is 1. The molecule has 2 atom stereocenters. The van der Waals surface area contributed by atoms with Crippen molar-refractivity contribution in [1.82, 2.24) is 20.4 Å². The zero-order chi connectivity index (χ0) is 16.1. The second-order valence-corrected chi connectivity index (χ2v) is 6.22. The third kappa shape index (κ3) is 3.92. The molecule has 2 unspecified atom stereocenters. The molecule has 0 saturated carbocycles. The molecule has 2 amide bonds. The number of aromatic nitrogens is 2. The molecule has 3 rings (SSSR count). The van der Waals surface area contributed by atoms with Crippen LogP contribution in [0, 0.1) is 0 Å². The number of urea groups is 1. The van der Waals surface area contributed by atoms with Crippen LogP contribution in [0.15, 0.2) is 42.7 Å². The Kier molecular flexibility index (Phi) is 4.95. The molecule has 2 N–H and O–H groups in total. The molecule has 5 nitrogen and oxygen atoms in total. The predicted octanol–water partition coefficient (Wildman–Crippen LogP) is 3.28. The van der Waals surface area contributed by atoms with Crippen LogP contribution in [0.25, 0.3) is 0 Å². The van der Waals surface area contributed by atoms with Gasteiger partial charge in [-0.2, -0.15) is 5.10 Å². The normalized spacial score (nSPS) is 18.8. The number of likely N-dealkylation sites (tertiary alicyclic amines) is 1. The summed E-state index contributed by atoms with van der Waals surface area (Å²) in [4.78, 5) is 14.6. The number of aryl methyl sites for hydroxylation is 1. The molecule has 1 aromatic heterocycles. The molecule has 0 bridgehead atoms. The van der Waals surface area contributed by atoms with Gasteiger partial charge in [0.05, 0.1) is 12.2 Å². The number of hydrogen-bond donors (Lipinski definition) is 2. The Morgan fingerprint density at radius 3 is 3.00 bits per heavy atom. The smallest absolute Gasteiger partial charge is 0.318 e. The average molecular weight is 312 g/mol. The quantitative estimate of drug-likeness (QED) is 0.890. The van der Waals surface area contributed by atoms with Gasteiger partial charge in [0.1, 0.15) is 0 Å². The first kappa shape index (κ1) is 15.6. The van der Waals surface area contributed by atoms with Gasteiger partial charge in [-0.15, -0.1) is 0 Å². The predicted molar refractivity (Wildman–Crippen MR) is 90.0 cm³/mol. The molecule has 1 aliphatic heterocycles. The van der Waals surface area contributed by atoms with Gasteiger partial charge >= 0.3 is 6.03 Å². The van der Waals surface area contributed by atoms with Crippen molar-refractivity contribution in [3.05, 3.63) is 53.9 Å². The van der Waals surface area contributed by atoms with Gasteiger partial charge in [0.15, 0.2) is 0 Å². The summed E-state index contributed by atoms with van der Waals surface area (Å²) >= 11 is 0. The van der Waals surface area contributed by atoms with Crippen LogP contribution in [0.4, 0.5) is 4.79 Å². The minimum absolute atomic E-state index is 0.0309. The fourth-order valence-electron chi connectivity index (χ4n) is 3.23. The molecule has 1 saturated heterocycles. The molecule has 23 heavy (non-hydrogen) atoms. The Labute approximate surface area is 137 Å². The lowest BCUT2D eigenvalue weighted by Crippen LogP contribution is -2.43. The number of hydrogen-bond acceptors (Lipinski definition) is 2. The summed E-state index contributed by atoms with van der Waals surface area (Å²) in [6, 6.07) is 10.8. The van der Waals surface area contributed by atoms with E-state index in [1.165, 1.54) is 5.56 Å². The highest BCUT2D eigenvalue weighted by Gasteiger charge is 2.29. The summed E-state index contributed by atoms with van der Waals surface area (Å²) < 4.78 is 0. The van der Waals surface area contributed by atoms with Crippen molar-refractivity contribution in [2.75, 3.05) is 6.54 Å². The third-order valence-corrected chi connectivity index (χ3v) is 4.61. The number of nitrogens with zero attached hydrogens (tertiary/aromatic N) is 2. The van der Waals surface area contributed by atoms with E-state index in [0.29, 0.717) is 6.04 Å². The Morgan fingerprint density at radius 2 is 2.26 bits per heavy atom. The number of aromatic amines is 1. The highest BCUT2D eigenvalue weighted by atomic mass is 16.2. The number of benzene rings is 1. The van der Waals surface area contributed by atoms with E-state index in [1.54, 1.807) is 6.20 Å². The molecule has 1 aromatic carbocycles. The molecule has 5 heteroatoms. The molecule has 0 radical (unpaired) electrons. The summed E-state index contributed by atoms with van der Waals surface area (Å²) in [6.07, 6.45) is 7.81. The lowest BCUT2D eigenvalue weighted by atomic mass is 10.0. The van der Waals surface area contributed by atoms with Gasteiger partial charge in [0.2, 0.25) is 0 Å². The highest BCUT2D eigenvalue weighted by molar-refractivity contribution is 5.75. The van der Waals surface area contributed by atoms with E-state index in [1.807, 2.05) is 24.1 Å². The molecule has 2 heterocycles. The van der Waals surface area contributed by atoms with Gasteiger partial charge in [0, 0.05) is 24.3 Å². The van der Waals surface area contributed by atoms with Crippen LogP contribution in [0.1, 0.15) is 43.4 Å². The summed E-state index contributed by atoms with van der Waals surface area (Å²) in [5.74, 6) is 0. The largest absolute Gasteiger partial charge is 0.331 e. The first-order valence-electron chi connectivity index (χ1n) is 8.34. The second-order valence-electron chi connectivity index (χ2n) is 6.22. The fraction of sp³-hybridized carbons (Fsp3) is 0.444. The lowest BCUT2D eigenvalue weighted by molar-refractivity contribution is 0.187. The number of amides is 2. The molecule has 0 spiro atoms. The molecule has 2 aromatic rings. The topological polar surface area (TPSA) is 61.0 Å². The van der Waals surface area contributed by atoms with E-state index in [-0.39, 0.29) is 12.1 Å². The van der Waals surface area contributed by atoms with E-state index >= 15 is 0 Å². The van der Waals surface area contributed by atoms with Gasteiger partial charge in [-0.3, -0.25) is 5.10 Å². The van der Waals surface area contributed by atoms with Gasteiger partial charge < -0.3 is 10.2 Å². The van der Waals surface area contributed by atoms with Gasteiger partial charge in [-0.05, 0) is 38.2 Å². The summed E-state index contributed by atoms with van der Waals surface area (Å²) in [6.45, 7) is 2.83. The van der Waals surface area contributed by atoms with Crippen LogP contribution >= 0.6 is 0 Å². The molecule has 1 aliphatic rings. The van der Waals surface area contributed by atoms with Crippen LogP contribution in [-0.2, 0) is 6.42 Å². The maximum atomic E-state index is 12.6. The third-order valence-electron chi connectivity index (χ3n) is 4.61. The fourth-order valence-corrected chi connectivity index (χ4v) is 3.23. The zero-order valence-electron chi connectivity index (χ0n) is 13.5. The maximum Gasteiger partial charge on any atom is 0.318 e. The molecule has 1 fully saturated rings. The molecular formula is C18H24N4O. The van der Waals surface area contributed by atoms with Crippen molar-refractivity contribution < 1.29 is 4.79 Å². The van der Waals surface area contributed by atoms with Crippen molar-refractivity contribution in [3.63, 3.8) is 0 Å². The van der Waals surface area contributed by atoms with Crippen molar-refractivity contribution in [2.24, 2.45) is 0 Å². The van der Waals surface area contributed by atoms with E-state index in [2.05, 4.69) is 39.8 Å². The summed E-state index contributed by atoms with van der Waals surface area (Å²) in [5, 5.41) is 9.80. The van der Waals surface area contributed by atoms with E-state index in [4.69, 9.17) is 0 Å². The van der Waals surface area contributed by atoms with Crippen molar-refractivity contribution in [1.29, 1.82) is 0 Å². The van der Waals surface area contributed by atoms with E-state index < -0.39 is 0 Å². The Bertz CT molecular complexity index is 611. The monoisotopic (exact) mass is 312 g/mol. The van der Waals surface area contributed by atoms with Gasteiger partial charge in [0.25, 0.3) is 0 Å². The van der Waals surface area contributed by atoms with Crippen molar-refractivity contribution in [3.8, 4) is 0 Å². The lowest BCUT2D eigenvalue weighted by Gasteiger charge is -2.26. The first-order chi connectivity index (χ1) is 11.2. The maximum absolute atomic E-state index is 12.6. The van der Waals surface area contributed by atoms with E-state index in [0.717, 1.165) is 37.8 Å². The number of H-pyrrole nitrogens is 1. The van der Waals surface area contributed by atoms with Crippen LogP contribution in [0.3, 0.4) is 0 Å². The van der Waals surface area contributed by atoms with Gasteiger partial charge in [-0.1, -0.05) is 30.3 Å². The van der Waals surface area contributed by atoms with E-state index in [9.17, 15) is 4.79 Å². The molecular weight excluding hydrogens is 288 g/mol. The van der Waals surface area contributed by atoms with Gasteiger partial charge in [-0.25, -0.2) is 4.79 Å². The van der Waals surface area contributed by atoms with Crippen molar-refractivity contribution >= 4 is 6.03 Å². The summed E-state index contributed by atoms with van der Waals surface area (Å²) in [7, 11) is 0. The SMILES string of the molecule is CC(NC(=O)N1CCCC1CCc1ccccc1)c1cn[nH]c1. The number of nitrogens with one attached hydrogen (secondary N) is 2. The van der Waals surface area contributed by atoms with Crippen molar-refractivity contribution in [2.45, 2.75) is 44.7 Å². The Hall–Kier alpha value is -2.30. The van der Waals surface area contributed by atoms with Crippen LogP contribution in [0.5, 0.6) is 0 Å². The Morgan fingerprint density at radius 1 is 1.43 bits per heavy atom. The minimum atomic E-state index is -0.0309. The number of rotatable bonds is 5.